The lowest BCUT2D eigenvalue weighted by Crippen LogP contribution is -2.31. The second-order valence-corrected chi connectivity index (χ2v) is 5.76. The summed E-state index contributed by atoms with van der Waals surface area (Å²) in [5.74, 6) is 1.94. The van der Waals surface area contributed by atoms with Crippen molar-refractivity contribution in [3.05, 3.63) is 0 Å². The van der Waals surface area contributed by atoms with Gasteiger partial charge in [-0.3, -0.25) is 0 Å². The fraction of sp³-hybridized carbons (Fsp3) is 1.00. The summed E-state index contributed by atoms with van der Waals surface area (Å²) < 4.78 is 5.49. The fourth-order valence-electron chi connectivity index (χ4n) is 2.06. The quantitative estimate of drug-likeness (QED) is 0.593. The third-order valence-corrected chi connectivity index (χ3v) is 3.44. The average molecular weight is 242 g/mol. The molecule has 0 aliphatic heterocycles. The summed E-state index contributed by atoms with van der Waals surface area (Å²) in [6.45, 7) is 12.0. The van der Waals surface area contributed by atoms with E-state index in [1.54, 1.807) is 0 Å². The van der Waals surface area contributed by atoms with Crippen molar-refractivity contribution in [3.63, 3.8) is 0 Å². The van der Waals surface area contributed by atoms with E-state index in [0.717, 1.165) is 44.5 Å². The molecule has 1 aliphatic rings. The SMILES string of the molecule is CC(C)OCCCNCCN(C)CC1CC1C. The van der Waals surface area contributed by atoms with E-state index < -0.39 is 0 Å². The molecule has 1 rings (SSSR count). The van der Waals surface area contributed by atoms with E-state index in [9.17, 15) is 0 Å². The van der Waals surface area contributed by atoms with Crippen LogP contribution in [0.1, 0.15) is 33.6 Å². The first-order valence-corrected chi connectivity index (χ1v) is 7.10. The van der Waals surface area contributed by atoms with E-state index in [4.69, 9.17) is 4.74 Å². The van der Waals surface area contributed by atoms with Crippen LogP contribution in [-0.4, -0.2) is 50.8 Å². The smallest absolute Gasteiger partial charge is 0.0518 e. The minimum absolute atomic E-state index is 0.363. The number of likely N-dealkylation sites (N-methyl/N-ethyl adjacent to an activating group) is 1. The van der Waals surface area contributed by atoms with Crippen molar-refractivity contribution in [2.45, 2.75) is 39.7 Å². The highest BCUT2D eigenvalue weighted by Crippen LogP contribution is 2.37. The predicted molar refractivity (Wildman–Crippen MR) is 73.3 cm³/mol. The minimum Gasteiger partial charge on any atom is -0.379 e. The zero-order chi connectivity index (χ0) is 12.7. The molecule has 0 bridgehead atoms. The van der Waals surface area contributed by atoms with E-state index in [-0.39, 0.29) is 0 Å². The maximum Gasteiger partial charge on any atom is 0.0518 e. The topological polar surface area (TPSA) is 24.5 Å². The molecule has 102 valence electrons. The minimum atomic E-state index is 0.363. The Morgan fingerprint density at radius 3 is 2.65 bits per heavy atom. The maximum absolute atomic E-state index is 5.49. The highest BCUT2D eigenvalue weighted by atomic mass is 16.5. The molecule has 0 aromatic carbocycles. The number of nitrogens with zero attached hydrogens (tertiary/aromatic N) is 1. The monoisotopic (exact) mass is 242 g/mol. The molecule has 0 saturated heterocycles. The molecule has 1 saturated carbocycles. The molecule has 0 radical (unpaired) electrons. The molecule has 2 unspecified atom stereocenters. The molecule has 2 atom stereocenters. The Kier molecular flexibility index (Phi) is 7.09. The summed E-state index contributed by atoms with van der Waals surface area (Å²) in [6, 6.07) is 0. The molecule has 1 N–H and O–H groups in total. The van der Waals surface area contributed by atoms with Gasteiger partial charge in [0.05, 0.1) is 6.10 Å². The standard InChI is InChI=1S/C14H30N2O/c1-12(2)17-9-5-6-15-7-8-16(4)11-14-10-13(14)3/h12-15H,5-11H2,1-4H3. The van der Waals surface area contributed by atoms with E-state index in [1.807, 2.05) is 0 Å². The summed E-state index contributed by atoms with van der Waals surface area (Å²) in [5, 5.41) is 3.47. The van der Waals surface area contributed by atoms with Gasteiger partial charge in [-0.1, -0.05) is 6.92 Å². The van der Waals surface area contributed by atoms with Gasteiger partial charge in [0.1, 0.15) is 0 Å². The van der Waals surface area contributed by atoms with E-state index in [1.165, 1.54) is 13.0 Å². The molecular formula is C14H30N2O. The van der Waals surface area contributed by atoms with Gasteiger partial charge in [0.25, 0.3) is 0 Å². The van der Waals surface area contributed by atoms with Gasteiger partial charge in [0.2, 0.25) is 0 Å². The van der Waals surface area contributed by atoms with Gasteiger partial charge in [-0.05, 0) is 52.1 Å². The zero-order valence-electron chi connectivity index (χ0n) is 12.0. The summed E-state index contributed by atoms with van der Waals surface area (Å²) >= 11 is 0. The third-order valence-electron chi connectivity index (χ3n) is 3.44. The molecule has 17 heavy (non-hydrogen) atoms. The number of ether oxygens (including phenoxy) is 1. The van der Waals surface area contributed by atoms with E-state index in [2.05, 4.69) is 38.0 Å². The van der Waals surface area contributed by atoms with Crippen LogP contribution in [0.25, 0.3) is 0 Å². The maximum atomic E-state index is 5.49. The molecule has 0 aromatic heterocycles. The van der Waals surface area contributed by atoms with Gasteiger partial charge < -0.3 is 15.0 Å². The van der Waals surface area contributed by atoms with Crippen molar-refractivity contribution in [1.82, 2.24) is 10.2 Å². The predicted octanol–water partition coefficient (Wildman–Crippen LogP) is 1.98. The van der Waals surface area contributed by atoms with Crippen molar-refractivity contribution in [2.75, 3.05) is 39.8 Å². The van der Waals surface area contributed by atoms with Crippen LogP contribution in [0.2, 0.25) is 0 Å². The van der Waals surface area contributed by atoms with Gasteiger partial charge in [0, 0.05) is 26.2 Å². The highest BCUT2D eigenvalue weighted by Gasteiger charge is 2.32. The molecule has 3 heteroatoms. The molecule has 0 aromatic rings. The van der Waals surface area contributed by atoms with Crippen LogP contribution in [-0.2, 0) is 4.74 Å². The van der Waals surface area contributed by atoms with Crippen LogP contribution < -0.4 is 5.32 Å². The number of rotatable bonds is 10. The van der Waals surface area contributed by atoms with Crippen LogP contribution in [0.4, 0.5) is 0 Å². The summed E-state index contributed by atoms with van der Waals surface area (Å²) in [6.07, 6.45) is 2.91. The number of hydrogen-bond donors (Lipinski definition) is 1. The first-order valence-electron chi connectivity index (χ1n) is 7.10. The largest absolute Gasteiger partial charge is 0.379 e. The molecular weight excluding hydrogens is 212 g/mol. The van der Waals surface area contributed by atoms with Crippen LogP contribution in [0, 0.1) is 11.8 Å². The zero-order valence-corrected chi connectivity index (χ0v) is 12.0. The van der Waals surface area contributed by atoms with Gasteiger partial charge in [-0.15, -0.1) is 0 Å². The Bertz CT molecular complexity index is 197. The van der Waals surface area contributed by atoms with Crippen molar-refractivity contribution in [1.29, 1.82) is 0 Å². The van der Waals surface area contributed by atoms with Gasteiger partial charge >= 0.3 is 0 Å². The summed E-state index contributed by atoms with van der Waals surface area (Å²) in [7, 11) is 2.23. The van der Waals surface area contributed by atoms with Crippen LogP contribution in [0.3, 0.4) is 0 Å². The highest BCUT2D eigenvalue weighted by molar-refractivity contribution is 4.84. The van der Waals surface area contributed by atoms with Crippen LogP contribution in [0.15, 0.2) is 0 Å². The molecule has 3 nitrogen and oxygen atoms in total. The van der Waals surface area contributed by atoms with E-state index >= 15 is 0 Å². The molecule has 0 spiro atoms. The first-order chi connectivity index (χ1) is 8.09. The van der Waals surface area contributed by atoms with Gasteiger partial charge in [-0.2, -0.15) is 0 Å². The average Bonchev–Trinajstić information content (AvgIpc) is 2.92. The first kappa shape index (κ1) is 14.9. The number of hydrogen-bond acceptors (Lipinski definition) is 3. The van der Waals surface area contributed by atoms with Gasteiger partial charge in [0.15, 0.2) is 0 Å². The lowest BCUT2D eigenvalue weighted by Gasteiger charge is -2.16. The summed E-state index contributed by atoms with van der Waals surface area (Å²) in [5.41, 5.74) is 0. The van der Waals surface area contributed by atoms with Crippen molar-refractivity contribution in [2.24, 2.45) is 11.8 Å². The Morgan fingerprint density at radius 2 is 2.06 bits per heavy atom. The Labute approximate surface area is 107 Å². The number of nitrogens with one attached hydrogen (secondary N) is 1. The van der Waals surface area contributed by atoms with Crippen molar-refractivity contribution >= 4 is 0 Å². The third kappa shape index (κ3) is 7.74. The lowest BCUT2D eigenvalue weighted by atomic mass is 10.3. The second-order valence-electron chi connectivity index (χ2n) is 5.76. The van der Waals surface area contributed by atoms with E-state index in [0.29, 0.717) is 6.10 Å². The molecule has 1 aliphatic carbocycles. The van der Waals surface area contributed by atoms with Crippen LogP contribution >= 0.6 is 0 Å². The van der Waals surface area contributed by atoms with Crippen molar-refractivity contribution in [3.8, 4) is 0 Å². The molecule has 0 heterocycles. The van der Waals surface area contributed by atoms with Gasteiger partial charge in [-0.25, -0.2) is 0 Å². The lowest BCUT2D eigenvalue weighted by molar-refractivity contribution is 0.0770. The fourth-order valence-corrected chi connectivity index (χ4v) is 2.06. The summed E-state index contributed by atoms with van der Waals surface area (Å²) in [4.78, 5) is 2.45. The van der Waals surface area contributed by atoms with Crippen molar-refractivity contribution < 1.29 is 4.74 Å². The Hall–Kier alpha value is -0.120. The molecule has 1 fully saturated rings. The Morgan fingerprint density at radius 1 is 1.35 bits per heavy atom. The second kappa shape index (κ2) is 8.06. The normalized spacial score (nSPS) is 23.6. The Balaban J connectivity index is 1.80. The molecule has 0 amide bonds. The van der Waals surface area contributed by atoms with Crippen LogP contribution in [0.5, 0.6) is 0 Å².